The minimum absolute atomic E-state index is 0.243. The molecule has 0 aliphatic carbocycles. The first-order valence-electron chi connectivity index (χ1n) is 9.52. The molecule has 0 saturated carbocycles. The SMILES string of the molecule is CC(Oc1ccccc1)C(=O)Nc1ccccc1Cc1nc(-c2cccnc2)no1. The van der Waals surface area contributed by atoms with Gasteiger partial charge in [0.05, 0.1) is 6.42 Å². The minimum atomic E-state index is -0.652. The lowest BCUT2D eigenvalue weighted by molar-refractivity contribution is -0.122. The van der Waals surface area contributed by atoms with Gasteiger partial charge in [-0.2, -0.15) is 4.98 Å². The number of hydrogen-bond acceptors (Lipinski definition) is 6. The number of carbonyl (C=O) groups is 1. The zero-order chi connectivity index (χ0) is 20.8. The number of benzene rings is 2. The van der Waals surface area contributed by atoms with Crippen LogP contribution in [0.25, 0.3) is 11.4 Å². The van der Waals surface area contributed by atoms with E-state index in [1.165, 1.54) is 0 Å². The van der Waals surface area contributed by atoms with E-state index >= 15 is 0 Å². The van der Waals surface area contributed by atoms with Gasteiger partial charge >= 0.3 is 0 Å². The molecule has 4 aromatic rings. The van der Waals surface area contributed by atoms with Gasteiger partial charge < -0.3 is 14.6 Å². The van der Waals surface area contributed by atoms with Gasteiger partial charge in [-0.25, -0.2) is 0 Å². The molecule has 1 unspecified atom stereocenters. The highest BCUT2D eigenvalue weighted by Gasteiger charge is 2.17. The number of nitrogens with zero attached hydrogens (tertiary/aromatic N) is 3. The van der Waals surface area contributed by atoms with Crippen LogP contribution in [0.3, 0.4) is 0 Å². The monoisotopic (exact) mass is 400 g/mol. The Labute approximate surface area is 173 Å². The largest absolute Gasteiger partial charge is 0.481 e. The zero-order valence-corrected chi connectivity index (χ0v) is 16.4. The van der Waals surface area contributed by atoms with E-state index in [0.717, 1.165) is 11.1 Å². The summed E-state index contributed by atoms with van der Waals surface area (Å²) in [6.45, 7) is 1.71. The highest BCUT2D eigenvalue weighted by Crippen LogP contribution is 2.21. The Morgan fingerprint density at radius 2 is 1.87 bits per heavy atom. The standard InChI is InChI=1S/C23H20N4O3/c1-16(29-19-10-3-2-4-11-19)23(28)25-20-12-6-5-8-17(20)14-21-26-22(27-30-21)18-9-7-13-24-15-18/h2-13,15-16H,14H2,1H3,(H,25,28). The third-order valence-corrected chi connectivity index (χ3v) is 4.43. The van der Waals surface area contributed by atoms with Crippen LogP contribution in [0, 0.1) is 0 Å². The van der Waals surface area contributed by atoms with Gasteiger partial charge in [0.15, 0.2) is 6.10 Å². The quantitative estimate of drug-likeness (QED) is 0.502. The molecule has 7 heteroatoms. The summed E-state index contributed by atoms with van der Waals surface area (Å²) in [5.41, 5.74) is 2.31. The van der Waals surface area contributed by atoms with Crippen LogP contribution in [0.1, 0.15) is 18.4 Å². The van der Waals surface area contributed by atoms with Crippen molar-refractivity contribution >= 4 is 11.6 Å². The smallest absolute Gasteiger partial charge is 0.265 e. The molecular formula is C23H20N4O3. The lowest BCUT2D eigenvalue weighted by Crippen LogP contribution is -2.30. The van der Waals surface area contributed by atoms with Crippen LogP contribution in [0.15, 0.2) is 83.6 Å². The van der Waals surface area contributed by atoms with Crippen LogP contribution in [-0.2, 0) is 11.2 Å². The molecule has 0 bridgehead atoms. The molecule has 0 fully saturated rings. The van der Waals surface area contributed by atoms with Crippen molar-refractivity contribution < 1.29 is 14.1 Å². The van der Waals surface area contributed by atoms with Crippen molar-refractivity contribution in [2.24, 2.45) is 0 Å². The van der Waals surface area contributed by atoms with Gasteiger partial charge in [-0.05, 0) is 42.8 Å². The number of anilines is 1. The Bertz CT molecular complexity index is 1110. The van der Waals surface area contributed by atoms with Crippen molar-refractivity contribution in [3.8, 4) is 17.1 Å². The van der Waals surface area contributed by atoms with E-state index in [1.807, 2.05) is 66.7 Å². The number of amides is 1. The van der Waals surface area contributed by atoms with Crippen molar-refractivity contribution in [3.63, 3.8) is 0 Å². The Morgan fingerprint density at radius 1 is 1.07 bits per heavy atom. The predicted molar refractivity (Wildman–Crippen MR) is 112 cm³/mol. The van der Waals surface area contributed by atoms with E-state index in [2.05, 4.69) is 20.4 Å². The van der Waals surface area contributed by atoms with Crippen LogP contribution in [0.5, 0.6) is 5.75 Å². The van der Waals surface area contributed by atoms with Crippen LogP contribution >= 0.6 is 0 Å². The summed E-state index contributed by atoms with van der Waals surface area (Å²) in [6.07, 6.45) is 3.10. The predicted octanol–water partition coefficient (Wildman–Crippen LogP) is 4.13. The molecule has 4 rings (SSSR count). The van der Waals surface area contributed by atoms with E-state index in [0.29, 0.717) is 29.6 Å². The molecule has 30 heavy (non-hydrogen) atoms. The number of rotatable bonds is 7. The lowest BCUT2D eigenvalue weighted by atomic mass is 10.1. The first-order valence-corrected chi connectivity index (χ1v) is 9.52. The van der Waals surface area contributed by atoms with Gasteiger partial charge in [0.2, 0.25) is 11.7 Å². The summed E-state index contributed by atoms with van der Waals surface area (Å²) in [7, 11) is 0. The highest BCUT2D eigenvalue weighted by atomic mass is 16.5. The number of ether oxygens (including phenoxy) is 1. The zero-order valence-electron chi connectivity index (χ0n) is 16.4. The molecule has 150 valence electrons. The Balaban J connectivity index is 1.45. The number of para-hydroxylation sites is 2. The molecule has 0 aliphatic heterocycles. The summed E-state index contributed by atoms with van der Waals surface area (Å²) < 4.78 is 11.1. The second-order valence-corrected chi connectivity index (χ2v) is 6.65. The molecule has 1 N–H and O–H groups in total. The van der Waals surface area contributed by atoms with E-state index in [4.69, 9.17) is 9.26 Å². The normalized spacial score (nSPS) is 11.6. The van der Waals surface area contributed by atoms with Crippen molar-refractivity contribution in [2.75, 3.05) is 5.32 Å². The van der Waals surface area contributed by atoms with Crippen molar-refractivity contribution in [1.29, 1.82) is 0 Å². The molecule has 0 aliphatic rings. The third kappa shape index (κ3) is 4.70. The van der Waals surface area contributed by atoms with Gasteiger partial charge in [-0.15, -0.1) is 0 Å². The summed E-state index contributed by atoms with van der Waals surface area (Å²) in [6, 6.07) is 20.4. The first kappa shape index (κ1) is 19.3. The fourth-order valence-corrected chi connectivity index (χ4v) is 2.89. The van der Waals surface area contributed by atoms with E-state index in [-0.39, 0.29) is 5.91 Å². The molecule has 0 radical (unpaired) electrons. The number of pyridine rings is 1. The maximum absolute atomic E-state index is 12.6. The molecule has 2 heterocycles. The highest BCUT2D eigenvalue weighted by molar-refractivity contribution is 5.94. The number of hydrogen-bond donors (Lipinski definition) is 1. The molecule has 2 aromatic carbocycles. The molecule has 1 amide bonds. The first-order chi connectivity index (χ1) is 14.7. The lowest BCUT2D eigenvalue weighted by Gasteiger charge is -2.16. The van der Waals surface area contributed by atoms with E-state index < -0.39 is 6.10 Å². The van der Waals surface area contributed by atoms with Gasteiger partial charge in [0.25, 0.3) is 5.91 Å². The Hall–Kier alpha value is -4.00. The van der Waals surface area contributed by atoms with Crippen LogP contribution < -0.4 is 10.1 Å². The van der Waals surface area contributed by atoms with Crippen LogP contribution in [-0.4, -0.2) is 27.1 Å². The topological polar surface area (TPSA) is 90.1 Å². The van der Waals surface area contributed by atoms with Gasteiger partial charge in [-0.3, -0.25) is 9.78 Å². The molecule has 2 aromatic heterocycles. The van der Waals surface area contributed by atoms with E-state index in [9.17, 15) is 4.79 Å². The molecule has 7 nitrogen and oxygen atoms in total. The maximum atomic E-state index is 12.6. The average Bonchev–Trinajstić information content (AvgIpc) is 3.25. The van der Waals surface area contributed by atoms with Crippen LogP contribution in [0.2, 0.25) is 0 Å². The van der Waals surface area contributed by atoms with Gasteiger partial charge in [0.1, 0.15) is 5.75 Å². The van der Waals surface area contributed by atoms with Crippen molar-refractivity contribution in [1.82, 2.24) is 15.1 Å². The fourth-order valence-electron chi connectivity index (χ4n) is 2.89. The number of carbonyl (C=O) groups excluding carboxylic acids is 1. The third-order valence-electron chi connectivity index (χ3n) is 4.43. The number of nitrogens with one attached hydrogen (secondary N) is 1. The Morgan fingerprint density at radius 3 is 2.67 bits per heavy atom. The molecule has 0 saturated heterocycles. The van der Waals surface area contributed by atoms with Gasteiger partial charge in [-0.1, -0.05) is 41.6 Å². The summed E-state index contributed by atoms with van der Waals surface area (Å²) >= 11 is 0. The second kappa shape index (κ2) is 9.00. The molecular weight excluding hydrogens is 380 g/mol. The average molecular weight is 400 g/mol. The molecule has 0 spiro atoms. The number of aromatic nitrogens is 3. The summed E-state index contributed by atoms with van der Waals surface area (Å²) in [5.74, 6) is 1.32. The van der Waals surface area contributed by atoms with Crippen molar-refractivity contribution in [3.05, 3.63) is 90.6 Å². The Kier molecular flexibility index (Phi) is 5.80. The van der Waals surface area contributed by atoms with Gasteiger partial charge in [0, 0.05) is 23.6 Å². The maximum Gasteiger partial charge on any atom is 0.265 e. The van der Waals surface area contributed by atoms with Crippen LogP contribution in [0.4, 0.5) is 5.69 Å². The summed E-state index contributed by atoms with van der Waals surface area (Å²) in [4.78, 5) is 21.1. The van der Waals surface area contributed by atoms with Crippen molar-refractivity contribution in [2.45, 2.75) is 19.4 Å². The minimum Gasteiger partial charge on any atom is -0.481 e. The second-order valence-electron chi connectivity index (χ2n) is 6.65. The molecule has 1 atom stereocenters. The van der Waals surface area contributed by atoms with E-state index in [1.54, 1.807) is 19.3 Å². The summed E-state index contributed by atoms with van der Waals surface area (Å²) in [5, 5.41) is 6.94. The fraction of sp³-hybridized carbons (Fsp3) is 0.130.